The fourth-order valence-corrected chi connectivity index (χ4v) is 6.23. The first-order valence-corrected chi connectivity index (χ1v) is 13.5. The molecular weight excluding hydrogens is 496 g/mol. The maximum absolute atomic E-state index is 11.7. The van der Waals surface area contributed by atoms with E-state index in [1.165, 1.54) is 17.0 Å². The van der Waals surface area contributed by atoms with Gasteiger partial charge in [-0.05, 0) is 47.5 Å². The summed E-state index contributed by atoms with van der Waals surface area (Å²) in [6, 6.07) is 28.5. The quantitative estimate of drug-likeness (QED) is 0.257. The predicted octanol–water partition coefficient (Wildman–Crippen LogP) is 6.69. The number of hydrogen-bond donors (Lipinski definition) is 1. The van der Waals surface area contributed by atoms with Gasteiger partial charge in [0, 0.05) is 37.0 Å². The summed E-state index contributed by atoms with van der Waals surface area (Å²) in [4.78, 5) is 14.4. The number of aryl methyl sites for hydroxylation is 1. The van der Waals surface area contributed by atoms with E-state index in [0.29, 0.717) is 11.5 Å². The van der Waals surface area contributed by atoms with Crippen molar-refractivity contribution in [2.24, 2.45) is 7.05 Å². The Balaban J connectivity index is 1.30. The average Bonchev–Trinajstić information content (AvgIpc) is 3.52. The summed E-state index contributed by atoms with van der Waals surface area (Å²) in [5.41, 5.74) is 7.49. The highest BCUT2D eigenvalue weighted by Crippen LogP contribution is 2.44. The molecule has 3 aromatic carbocycles. The molecular formula is C31H28N2O4S. The van der Waals surface area contributed by atoms with Crippen LogP contribution >= 0.6 is 11.3 Å². The van der Waals surface area contributed by atoms with Gasteiger partial charge in [0.1, 0.15) is 17.2 Å². The third-order valence-corrected chi connectivity index (χ3v) is 8.14. The third-order valence-electron chi connectivity index (χ3n) is 7.01. The topological polar surface area (TPSA) is 63.9 Å². The Morgan fingerprint density at radius 3 is 2.39 bits per heavy atom. The molecule has 6 nitrogen and oxygen atoms in total. The second-order valence-electron chi connectivity index (χ2n) is 9.32. The number of ether oxygens (including phenoxy) is 2. The number of nitrogens with zero attached hydrogens (tertiary/aromatic N) is 2. The SMILES string of the molecule is Cn1c(-c2ccc(OCc3ccccc3N3CCOCC3)cc2)c(-c2ccccc2)c2sc(C(=O)O)cc21. The molecule has 3 heterocycles. The molecule has 6 rings (SSSR count). The monoisotopic (exact) mass is 524 g/mol. The number of carboxylic acid groups (broad SMARTS) is 1. The van der Waals surface area contributed by atoms with Gasteiger partial charge in [0.25, 0.3) is 0 Å². The van der Waals surface area contributed by atoms with Gasteiger partial charge in [-0.3, -0.25) is 0 Å². The first-order chi connectivity index (χ1) is 18.6. The number of carbonyl (C=O) groups is 1. The van der Waals surface area contributed by atoms with Gasteiger partial charge in [-0.15, -0.1) is 11.3 Å². The first-order valence-electron chi connectivity index (χ1n) is 12.6. The zero-order chi connectivity index (χ0) is 26.1. The van der Waals surface area contributed by atoms with Gasteiger partial charge < -0.3 is 24.0 Å². The lowest BCUT2D eigenvalue weighted by Gasteiger charge is -2.30. The summed E-state index contributed by atoms with van der Waals surface area (Å²) in [7, 11) is 2.00. The molecule has 2 aromatic heterocycles. The van der Waals surface area contributed by atoms with Gasteiger partial charge in [-0.2, -0.15) is 0 Å². The van der Waals surface area contributed by atoms with Crippen molar-refractivity contribution in [3.63, 3.8) is 0 Å². The van der Waals surface area contributed by atoms with Crippen LogP contribution in [0.25, 0.3) is 32.6 Å². The van der Waals surface area contributed by atoms with Crippen LogP contribution in [0.1, 0.15) is 15.2 Å². The lowest BCUT2D eigenvalue weighted by atomic mass is 10.0. The van der Waals surface area contributed by atoms with Crippen molar-refractivity contribution in [2.75, 3.05) is 31.2 Å². The number of aromatic nitrogens is 1. The molecule has 0 atom stereocenters. The fourth-order valence-electron chi connectivity index (χ4n) is 5.14. The zero-order valence-corrected chi connectivity index (χ0v) is 21.9. The molecule has 0 bridgehead atoms. The Hall–Kier alpha value is -4.07. The molecule has 1 N–H and O–H groups in total. The van der Waals surface area contributed by atoms with E-state index in [-0.39, 0.29) is 0 Å². The molecule has 5 aromatic rings. The van der Waals surface area contributed by atoms with Crippen molar-refractivity contribution in [3.8, 4) is 28.1 Å². The summed E-state index contributed by atoms with van der Waals surface area (Å²) in [6.07, 6.45) is 0. The molecule has 192 valence electrons. The van der Waals surface area contributed by atoms with E-state index in [9.17, 15) is 9.90 Å². The number of para-hydroxylation sites is 1. The van der Waals surface area contributed by atoms with Crippen LogP contribution in [0.5, 0.6) is 5.75 Å². The first kappa shape index (κ1) is 24.3. The lowest BCUT2D eigenvalue weighted by Crippen LogP contribution is -2.36. The molecule has 7 heteroatoms. The van der Waals surface area contributed by atoms with Crippen molar-refractivity contribution >= 4 is 33.2 Å². The second kappa shape index (κ2) is 10.4. The van der Waals surface area contributed by atoms with Crippen LogP contribution in [-0.2, 0) is 18.4 Å². The number of anilines is 1. The summed E-state index contributed by atoms with van der Waals surface area (Å²) in [5.74, 6) is -0.0977. The number of carboxylic acids is 1. The zero-order valence-electron chi connectivity index (χ0n) is 21.1. The fraction of sp³-hybridized carbons (Fsp3) is 0.194. The summed E-state index contributed by atoms with van der Waals surface area (Å²) < 4.78 is 14.8. The summed E-state index contributed by atoms with van der Waals surface area (Å²) >= 11 is 1.32. The minimum absolute atomic E-state index is 0.343. The van der Waals surface area contributed by atoms with Crippen molar-refractivity contribution in [1.29, 1.82) is 0 Å². The number of hydrogen-bond acceptors (Lipinski definition) is 5. The number of benzene rings is 3. The Labute approximate surface area is 225 Å². The highest BCUT2D eigenvalue weighted by molar-refractivity contribution is 7.21. The minimum atomic E-state index is -0.900. The van der Waals surface area contributed by atoms with Crippen LogP contribution < -0.4 is 9.64 Å². The Morgan fingerprint density at radius 2 is 1.66 bits per heavy atom. The van der Waals surface area contributed by atoms with Crippen molar-refractivity contribution in [2.45, 2.75) is 6.61 Å². The minimum Gasteiger partial charge on any atom is -0.489 e. The molecule has 1 aliphatic heterocycles. The Morgan fingerprint density at radius 1 is 0.947 bits per heavy atom. The summed E-state index contributed by atoms with van der Waals surface area (Å²) in [5, 5.41) is 9.58. The van der Waals surface area contributed by atoms with Gasteiger partial charge in [-0.25, -0.2) is 4.79 Å². The van der Waals surface area contributed by atoms with Crippen LogP contribution in [0.3, 0.4) is 0 Å². The van der Waals surface area contributed by atoms with Crippen LogP contribution in [0, 0.1) is 0 Å². The van der Waals surface area contributed by atoms with E-state index in [1.807, 2.05) is 43.4 Å². The molecule has 0 unspecified atom stereocenters. The molecule has 1 aliphatic rings. The number of fused-ring (bicyclic) bond motifs is 1. The van der Waals surface area contributed by atoms with Crippen LogP contribution in [0.2, 0.25) is 0 Å². The number of thiophene rings is 1. The maximum atomic E-state index is 11.7. The predicted molar refractivity (Wildman–Crippen MR) is 152 cm³/mol. The second-order valence-corrected chi connectivity index (χ2v) is 10.4. The van der Waals surface area contributed by atoms with Gasteiger partial charge in [-0.1, -0.05) is 48.5 Å². The molecule has 0 aliphatic carbocycles. The number of aromatic carboxylic acids is 1. The Bertz CT molecular complexity index is 1580. The molecule has 38 heavy (non-hydrogen) atoms. The van der Waals surface area contributed by atoms with Crippen LogP contribution in [0.4, 0.5) is 5.69 Å². The van der Waals surface area contributed by atoms with Gasteiger partial charge in [0.15, 0.2) is 0 Å². The van der Waals surface area contributed by atoms with Crippen molar-refractivity contribution in [3.05, 3.63) is 95.4 Å². The van der Waals surface area contributed by atoms with Gasteiger partial charge in [0.05, 0.1) is 29.1 Å². The maximum Gasteiger partial charge on any atom is 0.345 e. The van der Waals surface area contributed by atoms with Gasteiger partial charge in [0.2, 0.25) is 0 Å². The van der Waals surface area contributed by atoms with E-state index >= 15 is 0 Å². The van der Waals surface area contributed by atoms with E-state index in [2.05, 4.69) is 51.9 Å². The molecule has 0 radical (unpaired) electrons. The van der Waals surface area contributed by atoms with Crippen LogP contribution in [-0.4, -0.2) is 41.9 Å². The van der Waals surface area contributed by atoms with Gasteiger partial charge >= 0.3 is 5.97 Å². The smallest absolute Gasteiger partial charge is 0.345 e. The Kier molecular flexibility index (Phi) is 6.62. The molecule has 1 saturated heterocycles. The van der Waals surface area contributed by atoms with Crippen molar-refractivity contribution in [1.82, 2.24) is 4.57 Å². The highest BCUT2D eigenvalue weighted by atomic mass is 32.1. The lowest BCUT2D eigenvalue weighted by molar-refractivity contribution is 0.0702. The van der Waals surface area contributed by atoms with E-state index in [4.69, 9.17) is 9.47 Å². The van der Waals surface area contributed by atoms with Crippen LogP contribution in [0.15, 0.2) is 84.9 Å². The normalized spacial score (nSPS) is 13.7. The van der Waals surface area contributed by atoms with E-state index in [1.54, 1.807) is 6.07 Å². The third kappa shape index (κ3) is 4.55. The molecule has 1 fully saturated rings. The number of rotatable bonds is 7. The summed E-state index contributed by atoms with van der Waals surface area (Å²) in [6.45, 7) is 3.75. The number of morpholine rings is 1. The molecule has 0 saturated carbocycles. The van der Waals surface area contributed by atoms with E-state index in [0.717, 1.165) is 70.2 Å². The average molecular weight is 525 g/mol. The highest BCUT2D eigenvalue weighted by Gasteiger charge is 2.22. The molecule has 0 amide bonds. The largest absolute Gasteiger partial charge is 0.489 e. The standard InChI is InChI=1S/C31H28N2O4S/c1-32-26-19-27(31(34)35)38-30(26)28(21-7-3-2-4-8-21)29(32)22-11-13-24(14-12-22)37-20-23-9-5-6-10-25(23)33-15-17-36-18-16-33/h2-14,19H,15-18,20H2,1H3,(H,34,35). The van der Waals surface area contributed by atoms with Crippen molar-refractivity contribution < 1.29 is 19.4 Å². The van der Waals surface area contributed by atoms with E-state index < -0.39 is 5.97 Å². The molecule has 0 spiro atoms.